The average Bonchev–Trinajstić information content (AvgIpc) is 2.44. The monoisotopic (exact) mass is 160 g/mol. The van der Waals surface area contributed by atoms with Crippen LogP contribution < -0.4 is 0 Å². The van der Waals surface area contributed by atoms with Gasteiger partial charge in [0.1, 0.15) is 0 Å². The van der Waals surface area contributed by atoms with Gasteiger partial charge in [0.25, 0.3) is 0 Å². The third kappa shape index (κ3) is 0.970. The van der Waals surface area contributed by atoms with Gasteiger partial charge in [-0.25, -0.2) is 0 Å². The fraction of sp³-hybridized carbons (Fsp3) is 0.364. The molecule has 0 saturated carbocycles. The Hall–Kier alpha value is -1.11. The van der Waals surface area contributed by atoms with Crippen molar-refractivity contribution >= 4 is 5.78 Å². The molecule has 0 radical (unpaired) electrons. The van der Waals surface area contributed by atoms with Crippen LogP contribution in [0.2, 0.25) is 0 Å². The lowest BCUT2D eigenvalue weighted by Crippen LogP contribution is -1.90. The Bertz CT molecular complexity index is 315. The number of carbonyl (C=O) groups is 1. The molecular weight excluding hydrogens is 148 g/mol. The number of ketones is 1. The molecule has 0 N–H and O–H groups in total. The molecule has 0 aromatic heterocycles. The maximum Gasteiger partial charge on any atom is 0.163 e. The summed E-state index contributed by atoms with van der Waals surface area (Å²) in [5, 5.41) is 0. The van der Waals surface area contributed by atoms with Crippen molar-refractivity contribution in [3.63, 3.8) is 0 Å². The smallest absolute Gasteiger partial charge is 0.163 e. The van der Waals surface area contributed by atoms with Gasteiger partial charge in [-0.05, 0) is 17.9 Å². The molecule has 0 unspecified atom stereocenters. The summed E-state index contributed by atoms with van der Waals surface area (Å²) in [4.78, 5) is 11.4. The second-order valence-electron chi connectivity index (χ2n) is 3.32. The van der Waals surface area contributed by atoms with Crippen LogP contribution in [0.3, 0.4) is 0 Å². The number of rotatable bonds is 1. The van der Waals surface area contributed by atoms with E-state index in [1.54, 1.807) is 0 Å². The topological polar surface area (TPSA) is 17.1 Å². The van der Waals surface area contributed by atoms with Gasteiger partial charge in [-0.1, -0.05) is 31.2 Å². The lowest BCUT2D eigenvalue weighted by Gasteiger charge is -2.04. The zero-order chi connectivity index (χ0) is 8.55. The fourth-order valence-electron chi connectivity index (χ4n) is 1.91. The largest absolute Gasteiger partial charge is 0.294 e. The highest BCUT2D eigenvalue weighted by Gasteiger charge is 2.26. The summed E-state index contributed by atoms with van der Waals surface area (Å²) in [6.45, 7) is 2.14. The van der Waals surface area contributed by atoms with Crippen molar-refractivity contribution in [2.45, 2.75) is 25.7 Å². The Labute approximate surface area is 72.4 Å². The molecule has 1 nitrogen and oxygen atoms in total. The minimum atomic E-state index is 0.317. The molecule has 0 bridgehead atoms. The van der Waals surface area contributed by atoms with Crippen LogP contribution in [-0.4, -0.2) is 5.78 Å². The lowest BCUT2D eigenvalue weighted by molar-refractivity contribution is 0.0988. The first-order valence-electron chi connectivity index (χ1n) is 4.45. The van der Waals surface area contributed by atoms with Crippen LogP contribution in [0.4, 0.5) is 0 Å². The van der Waals surface area contributed by atoms with E-state index in [1.807, 2.05) is 18.2 Å². The van der Waals surface area contributed by atoms with E-state index in [0.29, 0.717) is 11.7 Å². The summed E-state index contributed by atoms with van der Waals surface area (Å²) in [6.07, 6.45) is 1.79. The van der Waals surface area contributed by atoms with Crippen molar-refractivity contribution in [1.82, 2.24) is 0 Å². The molecule has 1 aliphatic rings. The summed E-state index contributed by atoms with van der Waals surface area (Å²) in [5.41, 5.74) is 2.20. The predicted molar refractivity (Wildman–Crippen MR) is 48.4 cm³/mol. The average molecular weight is 160 g/mol. The van der Waals surface area contributed by atoms with Crippen molar-refractivity contribution in [3.8, 4) is 0 Å². The summed E-state index contributed by atoms with van der Waals surface area (Å²) >= 11 is 0. The quantitative estimate of drug-likeness (QED) is 0.617. The Kier molecular flexibility index (Phi) is 1.72. The number of hydrogen-bond acceptors (Lipinski definition) is 1. The second kappa shape index (κ2) is 2.74. The molecular formula is C11H12O. The van der Waals surface area contributed by atoms with Crippen LogP contribution in [0.1, 0.15) is 41.6 Å². The molecule has 0 saturated heterocycles. The third-order valence-corrected chi connectivity index (χ3v) is 2.63. The Morgan fingerprint density at radius 3 is 2.92 bits per heavy atom. The molecule has 62 valence electrons. The molecule has 1 heteroatoms. The van der Waals surface area contributed by atoms with Crippen LogP contribution in [0, 0.1) is 0 Å². The highest BCUT2D eigenvalue weighted by Crippen LogP contribution is 2.34. The van der Waals surface area contributed by atoms with Gasteiger partial charge in [-0.3, -0.25) is 4.79 Å². The first-order chi connectivity index (χ1) is 5.83. The van der Waals surface area contributed by atoms with E-state index in [0.717, 1.165) is 18.4 Å². The highest BCUT2D eigenvalue weighted by atomic mass is 16.1. The molecule has 0 heterocycles. The minimum absolute atomic E-state index is 0.317. The summed E-state index contributed by atoms with van der Waals surface area (Å²) < 4.78 is 0. The molecule has 2 rings (SSSR count). The number of fused-ring (bicyclic) bond motifs is 1. The molecule has 1 aromatic rings. The predicted octanol–water partition coefficient (Wildman–Crippen LogP) is 2.77. The maximum absolute atomic E-state index is 11.4. The lowest BCUT2D eigenvalue weighted by atomic mass is 9.99. The van der Waals surface area contributed by atoms with Gasteiger partial charge in [0.2, 0.25) is 0 Å². The number of hydrogen-bond donors (Lipinski definition) is 0. The van der Waals surface area contributed by atoms with E-state index in [-0.39, 0.29) is 0 Å². The SMILES string of the molecule is CC[C@H]1CC(=O)c2ccccc21. The summed E-state index contributed by atoms with van der Waals surface area (Å²) in [6, 6.07) is 7.97. The molecule has 1 aliphatic carbocycles. The highest BCUT2D eigenvalue weighted by molar-refractivity contribution is 6.01. The van der Waals surface area contributed by atoms with E-state index >= 15 is 0 Å². The Balaban J connectivity index is 2.50. The third-order valence-electron chi connectivity index (χ3n) is 2.63. The van der Waals surface area contributed by atoms with Crippen LogP contribution in [0.15, 0.2) is 24.3 Å². The summed E-state index contributed by atoms with van der Waals surface area (Å²) in [7, 11) is 0. The van der Waals surface area contributed by atoms with Crippen LogP contribution >= 0.6 is 0 Å². The molecule has 1 atom stereocenters. The zero-order valence-corrected chi connectivity index (χ0v) is 7.21. The molecule has 0 fully saturated rings. The normalized spacial score (nSPS) is 21.1. The van der Waals surface area contributed by atoms with Crippen molar-refractivity contribution in [2.75, 3.05) is 0 Å². The van der Waals surface area contributed by atoms with Crippen molar-refractivity contribution in [2.24, 2.45) is 0 Å². The molecule has 12 heavy (non-hydrogen) atoms. The second-order valence-corrected chi connectivity index (χ2v) is 3.32. The van der Waals surface area contributed by atoms with Gasteiger partial charge in [0.15, 0.2) is 5.78 Å². The van der Waals surface area contributed by atoms with Gasteiger partial charge in [0, 0.05) is 12.0 Å². The number of Topliss-reactive ketones (excluding diaryl/α,β-unsaturated/α-hetero) is 1. The van der Waals surface area contributed by atoms with E-state index in [2.05, 4.69) is 13.0 Å². The van der Waals surface area contributed by atoms with Crippen molar-refractivity contribution in [1.29, 1.82) is 0 Å². The van der Waals surface area contributed by atoms with Crippen molar-refractivity contribution in [3.05, 3.63) is 35.4 Å². The Morgan fingerprint density at radius 2 is 2.17 bits per heavy atom. The van der Waals surface area contributed by atoms with E-state index in [9.17, 15) is 4.79 Å². The van der Waals surface area contributed by atoms with Gasteiger partial charge < -0.3 is 0 Å². The summed E-state index contributed by atoms with van der Waals surface area (Å²) in [5.74, 6) is 0.797. The first kappa shape index (κ1) is 7.53. The van der Waals surface area contributed by atoms with Crippen molar-refractivity contribution < 1.29 is 4.79 Å². The maximum atomic E-state index is 11.4. The minimum Gasteiger partial charge on any atom is -0.294 e. The standard InChI is InChI=1S/C11H12O/c1-2-8-7-11(12)10-6-4-3-5-9(8)10/h3-6,8H,2,7H2,1H3/t8-/m0/s1. The molecule has 0 spiro atoms. The van der Waals surface area contributed by atoms with E-state index < -0.39 is 0 Å². The number of benzene rings is 1. The van der Waals surface area contributed by atoms with Crippen LogP contribution in [-0.2, 0) is 0 Å². The van der Waals surface area contributed by atoms with Crippen LogP contribution in [0.5, 0.6) is 0 Å². The molecule has 0 amide bonds. The number of carbonyl (C=O) groups excluding carboxylic acids is 1. The van der Waals surface area contributed by atoms with Crippen LogP contribution in [0.25, 0.3) is 0 Å². The van der Waals surface area contributed by atoms with E-state index in [4.69, 9.17) is 0 Å². The molecule has 1 aromatic carbocycles. The zero-order valence-electron chi connectivity index (χ0n) is 7.21. The molecule has 0 aliphatic heterocycles. The van der Waals surface area contributed by atoms with E-state index in [1.165, 1.54) is 5.56 Å². The fourth-order valence-corrected chi connectivity index (χ4v) is 1.91. The Morgan fingerprint density at radius 1 is 1.42 bits per heavy atom. The first-order valence-corrected chi connectivity index (χ1v) is 4.45. The van der Waals surface area contributed by atoms with Gasteiger partial charge in [0.05, 0.1) is 0 Å². The van der Waals surface area contributed by atoms with Gasteiger partial charge in [-0.2, -0.15) is 0 Å². The van der Waals surface area contributed by atoms with Gasteiger partial charge in [-0.15, -0.1) is 0 Å². The van der Waals surface area contributed by atoms with Gasteiger partial charge >= 0.3 is 0 Å².